The zero-order chi connectivity index (χ0) is 24.2. The fraction of sp³-hybridized carbons (Fsp3) is 0.933. The second-order valence-corrected chi connectivity index (χ2v) is 15.3. The van der Waals surface area contributed by atoms with E-state index in [-0.39, 0.29) is 34.6 Å². The van der Waals surface area contributed by atoms with Gasteiger partial charge in [-0.1, -0.05) is 55.4 Å². The fourth-order valence-corrected chi connectivity index (χ4v) is 10.8. The first-order chi connectivity index (χ1) is 15.1. The van der Waals surface area contributed by atoms with Gasteiger partial charge in [0.15, 0.2) is 0 Å². The van der Waals surface area contributed by atoms with Gasteiger partial charge in [0.1, 0.15) is 0 Å². The predicted octanol–water partition coefficient (Wildman–Crippen LogP) is 7.57. The van der Waals surface area contributed by atoms with Gasteiger partial charge >= 0.3 is 11.9 Å². The summed E-state index contributed by atoms with van der Waals surface area (Å²) in [5, 5.41) is 0. The SMILES string of the molecule is CC1C(=O)OC(=O)CC2C1(C)CCC1C2(C)CCC2(C)C3CC(C)(C)CCC3(C)CCC12C. The van der Waals surface area contributed by atoms with Crippen LogP contribution in [0.25, 0.3) is 0 Å². The quantitative estimate of drug-likeness (QED) is 0.279. The highest BCUT2D eigenvalue weighted by atomic mass is 16.6. The molecule has 5 aliphatic rings. The van der Waals surface area contributed by atoms with Gasteiger partial charge < -0.3 is 4.74 Å². The third-order valence-corrected chi connectivity index (χ3v) is 13.5. The number of hydrogen-bond donors (Lipinski definition) is 0. The Bertz CT molecular complexity index is 876. The maximum atomic E-state index is 12.7. The van der Waals surface area contributed by atoms with Crippen LogP contribution < -0.4 is 0 Å². The van der Waals surface area contributed by atoms with Gasteiger partial charge in [0.05, 0.1) is 5.92 Å². The summed E-state index contributed by atoms with van der Waals surface area (Å²) in [5.74, 6) is 0.842. The Morgan fingerprint density at radius 3 is 2.00 bits per heavy atom. The van der Waals surface area contributed by atoms with Gasteiger partial charge in [-0.05, 0) is 108 Å². The first-order valence-corrected chi connectivity index (χ1v) is 13.9. The van der Waals surface area contributed by atoms with E-state index in [1.807, 2.05) is 6.92 Å². The summed E-state index contributed by atoms with van der Waals surface area (Å²) in [6, 6.07) is 0. The Hall–Kier alpha value is -0.860. The molecule has 5 fully saturated rings. The van der Waals surface area contributed by atoms with E-state index < -0.39 is 0 Å². The van der Waals surface area contributed by atoms with E-state index in [4.69, 9.17) is 4.74 Å². The van der Waals surface area contributed by atoms with Crippen LogP contribution in [0.15, 0.2) is 0 Å². The van der Waals surface area contributed by atoms with Crippen molar-refractivity contribution in [1.82, 2.24) is 0 Å². The number of ether oxygens (including phenoxy) is 1. The molecule has 1 aliphatic heterocycles. The van der Waals surface area contributed by atoms with Crippen molar-refractivity contribution in [1.29, 1.82) is 0 Å². The minimum atomic E-state index is -0.295. The molecule has 0 spiro atoms. The van der Waals surface area contributed by atoms with E-state index in [1.165, 1.54) is 51.4 Å². The molecule has 0 amide bonds. The summed E-state index contributed by atoms with van der Waals surface area (Å²) in [4.78, 5) is 25.4. The minimum absolute atomic E-state index is 0.0943. The highest BCUT2D eigenvalue weighted by Crippen LogP contribution is 2.78. The Kier molecular flexibility index (Phi) is 4.97. The second-order valence-electron chi connectivity index (χ2n) is 15.3. The van der Waals surface area contributed by atoms with E-state index in [9.17, 15) is 9.59 Å². The zero-order valence-corrected chi connectivity index (χ0v) is 22.6. The Morgan fingerprint density at radius 2 is 1.30 bits per heavy atom. The van der Waals surface area contributed by atoms with Crippen LogP contribution in [0.5, 0.6) is 0 Å². The summed E-state index contributed by atoms with van der Waals surface area (Å²) < 4.78 is 5.29. The van der Waals surface area contributed by atoms with Crippen LogP contribution in [0.4, 0.5) is 0 Å². The lowest BCUT2D eigenvalue weighted by Gasteiger charge is -2.74. The van der Waals surface area contributed by atoms with Gasteiger partial charge in [-0.2, -0.15) is 0 Å². The van der Waals surface area contributed by atoms with Crippen molar-refractivity contribution in [2.45, 2.75) is 120 Å². The van der Waals surface area contributed by atoms with Crippen LogP contribution in [0.3, 0.4) is 0 Å². The van der Waals surface area contributed by atoms with Crippen LogP contribution in [-0.2, 0) is 14.3 Å². The van der Waals surface area contributed by atoms with Crippen molar-refractivity contribution in [3.05, 3.63) is 0 Å². The smallest absolute Gasteiger partial charge is 0.316 e. The molecule has 0 N–H and O–H groups in total. The van der Waals surface area contributed by atoms with Crippen molar-refractivity contribution in [2.24, 2.45) is 56.2 Å². The third-order valence-electron chi connectivity index (χ3n) is 13.5. The second kappa shape index (κ2) is 6.88. The third kappa shape index (κ3) is 2.98. The van der Waals surface area contributed by atoms with Crippen LogP contribution in [0.1, 0.15) is 120 Å². The Morgan fingerprint density at radius 1 is 0.697 bits per heavy atom. The lowest BCUT2D eigenvalue weighted by atomic mass is 9.30. The Labute approximate surface area is 202 Å². The summed E-state index contributed by atoms with van der Waals surface area (Å²) in [7, 11) is 0. The number of cyclic esters (lactones) is 2. The molecule has 4 aliphatic carbocycles. The molecule has 0 aromatic heterocycles. The summed E-state index contributed by atoms with van der Waals surface area (Å²) >= 11 is 0. The normalized spacial score (nSPS) is 55.9. The van der Waals surface area contributed by atoms with E-state index in [0.29, 0.717) is 34.0 Å². The molecule has 0 aromatic carbocycles. The number of fused-ring (bicyclic) bond motifs is 7. The molecule has 1 heterocycles. The molecule has 0 radical (unpaired) electrons. The van der Waals surface area contributed by atoms with E-state index in [0.717, 1.165) is 12.3 Å². The highest BCUT2D eigenvalue weighted by molar-refractivity contribution is 5.88. The summed E-state index contributed by atoms with van der Waals surface area (Å²) in [6.07, 6.45) is 11.9. The van der Waals surface area contributed by atoms with Crippen molar-refractivity contribution in [3.8, 4) is 0 Å². The maximum absolute atomic E-state index is 12.7. The van der Waals surface area contributed by atoms with Crippen LogP contribution in [0.2, 0.25) is 0 Å². The molecular weight excluding hydrogens is 408 g/mol. The van der Waals surface area contributed by atoms with Gasteiger partial charge in [-0.3, -0.25) is 9.59 Å². The first-order valence-electron chi connectivity index (χ1n) is 13.9. The summed E-state index contributed by atoms with van der Waals surface area (Å²) in [5.41, 5.74) is 1.52. The van der Waals surface area contributed by atoms with Gasteiger partial charge in [0, 0.05) is 6.42 Å². The molecule has 4 saturated carbocycles. The predicted molar refractivity (Wildman–Crippen MR) is 131 cm³/mol. The van der Waals surface area contributed by atoms with Crippen LogP contribution in [-0.4, -0.2) is 11.9 Å². The number of hydrogen-bond acceptors (Lipinski definition) is 3. The molecule has 5 rings (SSSR count). The van der Waals surface area contributed by atoms with E-state index >= 15 is 0 Å². The number of esters is 2. The standard InChI is InChI=1S/C30H48O3/c1-19-24(32)33-23(31)17-21-27(19,5)10-9-20-28(21,6)14-16-30(8)22-18-25(2,3)11-12-26(22,4)13-15-29(20,30)7/h19-22H,9-18H2,1-8H3. The number of rotatable bonds is 0. The lowest BCUT2D eigenvalue weighted by molar-refractivity contribution is -0.252. The van der Waals surface area contributed by atoms with E-state index in [2.05, 4.69) is 48.5 Å². The summed E-state index contributed by atoms with van der Waals surface area (Å²) in [6.45, 7) is 19.7. The average molecular weight is 457 g/mol. The number of carbonyl (C=O) groups is 2. The highest BCUT2D eigenvalue weighted by Gasteiger charge is 2.71. The molecule has 186 valence electrons. The molecule has 0 aromatic rings. The molecule has 3 nitrogen and oxygen atoms in total. The monoisotopic (exact) mass is 456 g/mol. The lowest BCUT2D eigenvalue weighted by Crippen LogP contribution is -2.67. The molecule has 1 saturated heterocycles. The van der Waals surface area contributed by atoms with Crippen molar-refractivity contribution < 1.29 is 14.3 Å². The van der Waals surface area contributed by atoms with Gasteiger partial charge in [-0.15, -0.1) is 0 Å². The van der Waals surface area contributed by atoms with E-state index in [1.54, 1.807) is 0 Å². The van der Waals surface area contributed by atoms with Crippen LogP contribution >= 0.6 is 0 Å². The van der Waals surface area contributed by atoms with Gasteiger partial charge in [0.25, 0.3) is 0 Å². The molecular formula is C30H48O3. The fourth-order valence-electron chi connectivity index (χ4n) is 10.8. The first kappa shape index (κ1) is 23.9. The topological polar surface area (TPSA) is 43.4 Å². The van der Waals surface area contributed by atoms with Crippen molar-refractivity contribution >= 4 is 11.9 Å². The van der Waals surface area contributed by atoms with Crippen molar-refractivity contribution in [2.75, 3.05) is 0 Å². The van der Waals surface area contributed by atoms with Crippen LogP contribution in [0, 0.1) is 56.2 Å². The van der Waals surface area contributed by atoms with Gasteiger partial charge in [-0.25, -0.2) is 0 Å². The van der Waals surface area contributed by atoms with Crippen molar-refractivity contribution in [3.63, 3.8) is 0 Å². The molecule has 9 unspecified atom stereocenters. The Balaban J connectivity index is 1.57. The number of carbonyl (C=O) groups excluding carboxylic acids is 2. The largest absolute Gasteiger partial charge is 0.393 e. The molecule has 0 bridgehead atoms. The minimum Gasteiger partial charge on any atom is -0.393 e. The molecule has 9 atom stereocenters. The zero-order valence-electron chi connectivity index (χ0n) is 22.6. The van der Waals surface area contributed by atoms with Gasteiger partial charge in [0.2, 0.25) is 0 Å². The maximum Gasteiger partial charge on any atom is 0.316 e. The molecule has 33 heavy (non-hydrogen) atoms. The molecule has 3 heteroatoms. The average Bonchev–Trinajstić information content (AvgIpc) is 2.81.